The van der Waals surface area contributed by atoms with Crippen LogP contribution in [0.15, 0.2) is 45.6 Å². The number of aromatic nitrogens is 1. The Bertz CT molecular complexity index is 837. The lowest BCUT2D eigenvalue weighted by atomic mass is 10.0. The van der Waals surface area contributed by atoms with E-state index in [2.05, 4.69) is 20.9 Å². The zero-order chi connectivity index (χ0) is 14.3. The predicted molar refractivity (Wildman–Crippen MR) is 83.8 cm³/mol. The maximum Gasteiger partial charge on any atom is 0.417 e. The van der Waals surface area contributed by atoms with Crippen LogP contribution in [0.5, 0.6) is 0 Å². The highest BCUT2D eigenvalue weighted by Gasteiger charge is 2.14. The van der Waals surface area contributed by atoms with E-state index in [0.717, 1.165) is 21.7 Å². The number of hydrogen-bond acceptors (Lipinski definition) is 2. The molecule has 3 nitrogen and oxygen atoms in total. The van der Waals surface area contributed by atoms with Gasteiger partial charge in [0, 0.05) is 5.02 Å². The fourth-order valence-corrected chi connectivity index (χ4v) is 3.25. The number of halogens is 2. The van der Waals surface area contributed by atoms with Gasteiger partial charge in [-0.3, -0.25) is 4.98 Å². The highest BCUT2D eigenvalue weighted by atomic mass is 79.9. The lowest BCUT2D eigenvalue weighted by Crippen LogP contribution is -1.95. The van der Waals surface area contributed by atoms with Gasteiger partial charge in [-0.1, -0.05) is 39.7 Å². The van der Waals surface area contributed by atoms with Crippen LogP contribution in [-0.4, -0.2) is 4.98 Å². The van der Waals surface area contributed by atoms with Gasteiger partial charge in [0.2, 0.25) is 0 Å². The molecule has 3 aromatic rings. The molecular weight excluding hydrogens is 342 g/mol. The van der Waals surface area contributed by atoms with Crippen LogP contribution in [0.4, 0.5) is 0 Å². The molecule has 0 spiro atoms. The molecule has 102 valence electrons. The Balaban J connectivity index is 2.06. The van der Waals surface area contributed by atoms with Crippen LogP contribution in [0, 0.1) is 6.92 Å². The molecule has 0 fully saturated rings. The van der Waals surface area contributed by atoms with E-state index in [9.17, 15) is 4.79 Å². The molecule has 0 bridgehead atoms. The largest absolute Gasteiger partial charge is 0.417 e. The van der Waals surface area contributed by atoms with Gasteiger partial charge < -0.3 is 4.42 Å². The minimum atomic E-state index is -0.439. The van der Waals surface area contributed by atoms with Crippen molar-refractivity contribution in [1.82, 2.24) is 4.98 Å². The molecule has 20 heavy (non-hydrogen) atoms. The summed E-state index contributed by atoms with van der Waals surface area (Å²) in [5.74, 6) is -0.439. The summed E-state index contributed by atoms with van der Waals surface area (Å²) in [6.07, 6.45) is 0. The molecule has 0 aliphatic heterocycles. The first-order valence-corrected chi connectivity index (χ1v) is 7.37. The molecule has 1 heterocycles. The van der Waals surface area contributed by atoms with Crippen LogP contribution in [-0.2, 0) is 0 Å². The maximum atomic E-state index is 11.2. The van der Waals surface area contributed by atoms with E-state index in [0.29, 0.717) is 11.1 Å². The molecule has 3 rings (SSSR count). The van der Waals surface area contributed by atoms with E-state index in [1.54, 1.807) is 0 Å². The van der Waals surface area contributed by atoms with Crippen molar-refractivity contribution in [3.63, 3.8) is 0 Å². The minimum Gasteiger partial charge on any atom is -0.408 e. The summed E-state index contributed by atoms with van der Waals surface area (Å²) in [5.41, 5.74) is 4.52. The predicted octanol–water partition coefficient (Wildman–Crippen LogP) is 4.57. The van der Waals surface area contributed by atoms with Crippen molar-refractivity contribution in [2.24, 2.45) is 0 Å². The molecule has 0 saturated carbocycles. The molecule has 5 heteroatoms. The monoisotopic (exact) mass is 351 g/mol. The Morgan fingerprint density at radius 1 is 1.25 bits per heavy atom. The number of H-pyrrole nitrogens is 1. The van der Waals surface area contributed by atoms with Crippen molar-refractivity contribution < 1.29 is 4.42 Å². The lowest BCUT2D eigenvalue weighted by Gasteiger charge is -2.13. The number of nitrogens with one attached hydrogen (secondary N) is 1. The molecule has 1 unspecified atom stereocenters. The molecule has 0 aliphatic rings. The number of aryl methyl sites for hydroxylation is 1. The minimum absolute atomic E-state index is 0.0179. The molecular formula is C15H11BrClNO2. The molecule has 2 aromatic carbocycles. The molecule has 0 saturated heterocycles. The molecule has 1 aromatic heterocycles. The highest BCUT2D eigenvalue weighted by molar-refractivity contribution is 9.09. The van der Waals surface area contributed by atoms with Crippen LogP contribution in [0.25, 0.3) is 11.1 Å². The third-order valence-electron chi connectivity index (χ3n) is 3.24. The highest BCUT2D eigenvalue weighted by Crippen LogP contribution is 2.34. The van der Waals surface area contributed by atoms with Gasteiger partial charge in [0.1, 0.15) is 0 Å². The average Bonchev–Trinajstić information content (AvgIpc) is 2.77. The second-order valence-electron chi connectivity index (χ2n) is 4.63. The molecule has 1 N–H and O–H groups in total. The SMILES string of the molecule is Cc1cc(Cl)ccc1C(Br)c1ccc2[nH]c(=O)oc2c1. The second-order valence-corrected chi connectivity index (χ2v) is 5.99. The first-order valence-electron chi connectivity index (χ1n) is 6.07. The van der Waals surface area contributed by atoms with Crippen LogP contribution in [0.1, 0.15) is 21.5 Å². The van der Waals surface area contributed by atoms with Gasteiger partial charge >= 0.3 is 5.76 Å². The van der Waals surface area contributed by atoms with Gasteiger partial charge in [0.15, 0.2) is 5.58 Å². The van der Waals surface area contributed by atoms with Crippen molar-refractivity contribution in [3.8, 4) is 0 Å². The zero-order valence-electron chi connectivity index (χ0n) is 10.6. The Morgan fingerprint density at radius 2 is 2.05 bits per heavy atom. The van der Waals surface area contributed by atoms with Gasteiger partial charge in [-0.25, -0.2) is 4.79 Å². The molecule has 1 atom stereocenters. The summed E-state index contributed by atoms with van der Waals surface area (Å²) >= 11 is 9.67. The fourth-order valence-electron chi connectivity index (χ4n) is 2.22. The number of aromatic amines is 1. The average molecular weight is 353 g/mol. The van der Waals surface area contributed by atoms with E-state index in [1.807, 2.05) is 43.3 Å². The summed E-state index contributed by atoms with van der Waals surface area (Å²) in [5, 5.41) is 0.720. The third-order valence-corrected chi connectivity index (χ3v) is 4.50. The van der Waals surface area contributed by atoms with E-state index in [4.69, 9.17) is 16.0 Å². The summed E-state index contributed by atoms with van der Waals surface area (Å²) in [4.78, 5) is 13.8. The van der Waals surface area contributed by atoms with Crippen LogP contribution >= 0.6 is 27.5 Å². The van der Waals surface area contributed by atoms with E-state index in [1.165, 1.54) is 0 Å². The lowest BCUT2D eigenvalue weighted by molar-refractivity contribution is 0.555. The third kappa shape index (κ3) is 2.41. The summed E-state index contributed by atoms with van der Waals surface area (Å²) in [7, 11) is 0. The van der Waals surface area contributed by atoms with Gasteiger partial charge in [0.05, 0.1) is 10.3 Å². The standard InChI is InChI=1S/C15H11BrClNO2/c1-8-6-10(17)3-4-11(8)14(16)9-2-5-12-13(7-9)20-15(19)18-12/h2-7,14H,1H3,(H,18,19). The quantitative estimate of drug-likeness (QED) is 0.687. The van der Waals surface area contributed by atoms with E-state index in [-0.39, 0.29) is 4.83 Å². The van der Waals surface area contributed by atoms with Crippen molar-refractivity contribution in [1.29, 1.82) is 0 Å². The van der Waals surface area contributed by atoms with Crippen molar-refractivity contribution in [3.05, 3.63) is 68.7 Å². The van der Waals surface area contributed by atoms with E-state index < -0.39 is 5.76 Å². The van der Waals surface area contributed by atoms with Gasteiger partial charge in [-0.05, 0) is 47.9 Å². The van der Waals surface area contributed by atoms with Crippen molar-refractivity contribution in [2.45, 2.75) is 11.8 Å². The normalized spacial score (nSPS) is 12.8. The first-order chi connectivity index (χ1) is 9.54. The summed E-state index contributed by atoms with van der Waals surface area (Å²) < 4.78 is 5.09. The maximum absolute atomic E-state index is 11.2. The smallest absolute Gasteiger partial charge is 0.408 e. The first kappa shape index (κ1) is 13.5. The van der Waals surface area contributed by atoms with Crippen molar-refractivity contribution in [2.75, 3.05) is 0 Å². The number of alkyl halides is 1. The van der Waals surface area contributed by atoms with E-state index >= 15 is 0 Å². The summed E-state index contributed by atoms with van der Waals surface area (Å²) in [6.45, 7) is 2.02. The van der Waals surface area contributed by atoms with Crippen LogP contribution in [0.2, 0.25) is 5.02 Å². The fraction of sp³-hybridized carbons (Fsp3) is 0.133. The van der Waals surface area contributed by atoms with Gasteiger partial charge in [-0.2, -0.15) is 0 Å². The van der Waals surface area contributed by atoms with Crippen LogP contribution < -0.4 is 5.76 Å². The second kappa shape index (κ2) is 5.11. The molecule has 0 aliphatic carbocycles. The summed E-state index contributed by atoms with van der Waals surface area (Å²) in [6, 6.07) is 11.5. The number of oxazole rings is 1. The Hall–Kier alpha value is -1.52. The van der Waals surface area contributed by atoms with Gasteiger partial charge in [-0.15, -0.1) is 0 Å². The number of benzene rings is 2. The molecule has 0 amide bonds. The van der Waals surface area contributed by atoms with Gasteiger partial charge in [0.25, 0.3) is 0 Å². The topological polar surface area (TPSA) is 46.0 Å². The Kier molecular flexibility index (Phi) is 3.44. The number of fused-ring (bicyclic) bond motifs is 1. The zero-order valence-corrected chi connectivity index (χ0v) is 13.0. The number of hydrogen-bond donors (Lipinski definition) is 1. The number of rotatable bonds is 2. The van der Waals surface area contributed by atoms with Crippen LogP contribution in [0.3, 0.4) is 0 Å². The molecule has 0 radical (unpaired) electrons. The van der Waals surface area contributed by atoms with Crippen molar-refractivity contribution >= 4 is 38.6 Å². The Morgan fingerprint density at radius 3 is 2.80 bits per heavy atom. The Labute approximate surface area is 128 Å².